The monoisotopic (exact) mass is 422 g/mol. The molecule has 6 nitrogen and oxygen atoms in total. The highest BCUT2D eigenvalue weighted by Crippen LogP contribution is 2.30. The molecule has 0 aliphatic carbocycles. The number of carbonyl (C=O) groups is 2. The zero-order valence-corrected chi connectivity index (χ0v) is 17.6. The van der Waals surface area contributed by atoms with Gasteiger partial charge in [-0.25, -0.2) is 4.98 Å². The molecule has 0 spiro atoms. The fourth-order valence-corrected chi connectivity index (χ4v) is 4.01. The first-order chi connectivity index (χ1) is 15.6. The van der Waals surface area contributed by atoms with E-state index in [9.17, 15) is 9.59 Å². The van der Waals surface area contributed by atoms with E-state index < -0.39 is 6.04 Å². The van der Waals surface area contributed by atoms with Crippen molar-refractivity contribution in [3.63, 3.8) is 0 Å². The molecule has 1 amide bonds. The first-order valence-corrected chi connectivity index (χ1v) is 10.5. The number of ketones is 1. The summed E-state index contributed by atoms with van der Waals surface area (Å²) in [6.07, 6.45) is 3.61. The van der Waals surface area contributed by atoms with Gasteiger partial charge in [-0.3, -0.25) is 9.59 Å². The Bertz CT molecular complexity index is 1310. The molecule has 0 saturated heterocycles. The highest BCUT2D eigenvalue weighted by molar-refractivity contribution is 6.06. The SMILES string of the molecule is Cc1ccccc1C(=O)Nc1ccc(C(=O)C2Nc3ccccc3Cn3ccnc32)cc1. The Morgan fingerprint density at radius 2 is 1.75 bits per heavy atom. The van der Waals surface area contributed by atoms with Gasteiger partial charge in [0.2, 0.25) is 0 Å². The molecule has 4 aromatic rings. The molecule has 2 N–H and O–H groups in total. The Kier molecular flexibility index (Phi) is 5.03. The number of amides is 1. The third kappa shape index (κ3) is 3.67. The molecule has 0 radical (unpaired) electrons. The van der Waals surface area contributed by atoms with Gasteiger partial charge in [-0.15, -0.1) is 0 Å². The van der Waals surface area contributed by atoms with E-state index in [1.54, 1.807) is 36.5 Å². The molecule has 1 atom stereocenters. The summed E-state index contributed by atoms with van der Waals surface area (Å²) in [6.45, 7) is 2.56. The second-order valence-electron chi connectivity index (χ2n) is 7.86. The Morgan fingerprint density at radius 3 is 2.56 bits per heavy atom. The van der Waals surface area contributed by atoms with E-state index in [2.05, 4.69) is 15.6 Å². The number of hydrogen-bond donors (Lipinski definition) is 2. The van der Waals surface area contributed by atoms with Crippen LogP contribution in [0.25, 0.3) is 0 Å². The number of anilines is 2. The Morgan fingerprint density at radius 1 is 1.00 bits per heavy atom. The predicted molar refractivity (Wildman–Crippen MR) is 124 cm³/mol. The number of rotatable bonds is 4. The van der Waals surface area contributed by atoms with Gasteiger partial charge in [0.1, 0.15) is 11.9 Å². The van der Waals surface area contributed by atoms with Crippen molar-refractivity contribution in [2.24, 2.45) is 0 Å². The van der Waals surface area contributed by atoms with Crippen LogP contribution in [0.1, 0.15) is 43.7 Å². The van der Waals surface area contributed by atoms with Crippen molar-refractivity contribution in [3.05, 3.63) is 113 Å². The third-order valence-corrected chi connectivity index (χ3v) is 5.74. The molecule has 3 aromatic carbocycles. The van der Waals surface area contributed by atoms with Crippen LogP contribution in [0, 0.1) is 6.92 Å². The fourth-order valence-electron chi connectivity index (χ4n) is 4.01. The maximum absolute atomic E-state index is 13.4. The summed E-state index contributed by atoms with van der Waals surface area (Å²) in [6, 6.07) is 21.8. The van der Waals surface area contributed by atoms with Gasteiger partial charge >= 0.3 is 0 Å². The first-order valence-electron chi connectivity index (χ1n) is 10.5. The number of carbonyl (C=O) groups excluding carboxylic acids is 2. The standard InChI is InChI=1S/C26H22N4O2/c1-17-6-2-4-8-21(17)26(32)28-20-12-10-18(11-13-20)24(31)23-25-27-14-15-30(25)16-19-7-3-5-9-22(19)29-23/h2-15,23,29H,16H2,1H3,(H,28,32). The van der Waals surface area contributed by atoms with E-state index in [1.807, 2.05) is 60.2 Å². The number of benzene rings is 3. The molecule has 158 valence electrons. The number of nitrogens with zero attached hydrogens (tertiary/aromatic N) is 2. The van der Waals surface area contributed by atoms with Crippen LogP contribution in [-0.2, 0) is 6.54 Å². The number of aromatic nitrogens is 2. The van der Waals surface area contributed by atoms with Crippen molar-refractivity contribution in [2.45, 2.75) is 19.5 Å². The van der Waals surface area contributed by atoms with Crippen LogP contribution >= 0.6 is 0 Å². The molecule has 1 unspecified atom stereocenters. The van der Waals surface area contributed by atoms with Crippen molar-refractivity contribution < 1.29 is 9.59 Å². The first kappa shape index (κ1) is 19.8. The van der Waals surface area contributed by atoms with E-state index in [4.69, 9.17) is 0 Å². The van der Waals surface area contributed by atoms with E-state index in [-0.39, 0.29) is 11.7 Å². The van der Waals surface area contributed by atoms with Gasteiger partial charge in [-0.05, 0) is 54.4 Å². The average molecular weight is 422 g/mol. The summed E-state index contributed by atoms with van der Waals surface area (Å²) < 4.78 is 2.00. The van der Waals surface area contributed by atoms with Crippen LogP contribution in [0.5, 0.6) is 0 Å². The number of aryl methyl sites for hydroxylation is 1. The van der Waals surface area contributed by atoms with Gasteiger partial charge < -0.3 is 15.2 Å². The largest absolute Gasteiger partial charge is 0.369 e. The van der Waals surface area contributed by atoms with Crippen molar-refractivity contribution in [1.82, 2.24) is 9.55 Å². The lowest BCUT2D eigenvalue weighted by molar-refractivity contribution is 0.0965. The van der Waals surface area contributed by atoms with Gasteiger partial charge in [-0.1, -0.05) is 36.4 Å². The van der Waals surface area contributed by atoms with E-state index in [0.717, 1.165) is 16.8 Å². The molecule has 1 aromatic heterocycles. The summed E-state index contributed by atoms with van der Waals surface area (Å²) in [7, 11) is 0. The summed E-state index contributed by atoms with van der Waals surface area (Å²) >= 11 is 0. The Hall–Kier alpha value is -4.19. The lowest BCUT2D eigenvalue weighted by atomic mass is 10.0. The van der Waals surface area contributed by atoms with Crippen LogP contribution in [0.2, 0.25) is 0 Å². The molecule has 0 bridgehead atoms. The zero-order chi connectivity index (χ0) is 22.1. The van der Waals surface area contributed by atoms with Crippen LogP contribution in [0.3, 0.4) is 0 Å². The second-order valence-corrected chi connectivity index (χ2v) is 7.86. The number of hydrogen-bond acceptors (Lipinski definition) is 4. The van der Waals surface area contributed by atoms with Gasteiger partial charge in [0.25, 0.3) is 5.91 Å². The number of para-hydroxylation sites is 1. The Balaban J connectivity index is 1.38. The minimum absolute atomic E-state index is 0.0778. The van der Waals surface area contributed by atoms with E-state index in [0.29, 0.717) is 29.2 Å². The number of imidazole rings is 1. The third-order valence-electron chi connectivity index (χ3n) is 5.74. The smallest absolute Gasteiger partial charge is 0.255 e. The normalized spacial score (nSPS) is 14.5. The summed E-state index contributed by atoms with van der Waals surface area (Å²) in [4.78, 5) is 30.4. The van der Waals surface area contributed by atoms with Crippen molar-refractivity contribution in [2.75, 3.05) is 10.6 Å². The van der Waals surface area contributed by atoms with Crippen LogP contribution < -0.4 is 10.6 Å². The van der Waals surface area contributed by atoms with Crippen LogP contribution in [0.4, 0.5) is 11.4 Å². The number of fused-ring (bicyclic) bond motifs is 2. The topological polar surface area (TPSA) is 76.0 Å². The van der Waals surface area contributed by atoms with Crippen LogP contribution in [0.15, 0.2) is 85.2 Å². The minimum atomic E-state index is -0.596. The number of nitrogens with one attached hydrogen (secondary N) is 2. The molecular weight excluding hydrogens is 400 g/mol. The molecule has 32 heavy (non-hydrogen) atoms. The van der Waals surface area contributed by atoms with Gasteiger partial charge in [0.05, 0.1) is 6.54 Å². The lowest BCUT2D eigenvalue weighted by Crippen LogP contribution is -2.23. The van der Waals surface area contributed by atoms with E-state index in [1.165, 1.54) is 0 Å². The van der Waals surface area contributed by atoms with Gasteiger partial charge in [0.15, 0.2) is 5.78 Å². The predicted octanol–water partition coefficient (Wildman–Crippen LogP) is 4.84. The minimum Gasteiger partial charge on any atom is -0.369 e. The Labute approximate surface area is 185 Å². The van der Waals surface area contributed by atoms with E-state index >= 15 is 0 Å². The molecule has 1 aliphatic rings. The summed E-state index contributed by atoms with van der Waals surface area (Å²) in [5, 5.41) is 6.27. The fraction of sp³-hybridized carbons (Fsp3) is 0.115. The second kappa shape index (κ2) is 8.15. The molecule has 2 heterocycles. The maximum Gasteiger partial charge on any atom is 0.255 e. The number of Topliss-reactive ketones (excluding diaryl/α,β-unsaturated/α-hetero) is 1. The summed E-state index contributed by atoms with van der Waals surface area (Å²) in [5.74, 6) is 0.431. The lowest BCUT2D eigenvalue weighted by Gasteiger charge is -2.17. The van der Waals surface area contributed by atoms with Crippen molar-refractivity contribution in [3.8, 4) is 0 Å². The zero-order valence-electron chi connectivity index (χ0n) is 17.6. The molecule has 1 aliphatic heterocycles. The maximum atomic E-state index is 13.4. The molecule has 0 fully saturated rings. The van der Waals surface area contributed by atoms with Crippen LogP contribution in [-0.4, -0.2) is 21.2 Å². The highest BCUT2D eigenvalue weighted by Gasteiger charge is 2.29. The highest BCUT2D eigenvalue weighted by atomic mass is 16.1. The quantitative estimate of drug-likeness (QED) is 0.462. The molecule has 5 rings (SSSR count). The molecule has 6 heteroatoms. The van der Waals surface area contributed by atoms with Gasteiger partial charge in [-0.2, -0.15) is 0 Å². The van der Waals surface area contributed by atoms with Crippen molar-refractivity contribution >= 4 is 23.1 Å². The summed E-state index contributed by atoms with van der Waals surface area (Å²) in [5.41, 5.74) is 4.75. The average Bonchev–Trinajstić information content (AvgIpc) is 3.20. The van der Waals surface area contributed by atoms with Gasteiger partial charge in [0, 0.05) is 34.9 Å². The molecule has 0 saturated carbocycles. The molecular formula is C26H22N4O2. The van der Waals surface area contributed by atoms with Crippen molar-refractivity contribution in [1.29, 1.82) is 0 Å².